The van der Waals surface area contributed by atoms with Gasteiger partial charge in [0.15, 0.2) is 0 Å². The molecule has 0 unspecified atom stereocenters. The lowest BCUT2D eigenvalue weighted by Crippen LogP contribution is -2.03. The minimum atomic E-state index is 1.00. The SMILES string of the molecule is CCCCCc1ccc(C2=C(CCCC)C(CCCC)=C(c3cccc(CCCCC)c3)[N+]2=[N-])cc1. The molecule has 36 heavy (non-hydrogen) atoms. The van der Waals surface area contributed by atoms with Gasteiger partial charge in [-0.15, -0.1) is 0 Å². The van der Waals surface area contributed by atoms with Gasteiger partial charge in [-0.3, -0.25) is 0 Å². The Hall–Kier alpha value is -2.48. The van der Waals surface area contributed by atoms with Gasteiger partial charge in [0.05, 0.1) is 0 Å². The summed E-state index contributed by atoms with van der Waals surface area (Å²) >= 11 is 0. The van der Waals surface area contributed by atoms with E-state index in [1.54, 1.807) is 0 Å². The van der Waals surface area contributed by atoms with Crippen LogP contribution in [0, 0.1) is 0 Å². The summed E-state index contributed by atoms with van der Waals surface area (Å²) in [5, 5.41) is 0. The molecule has 1 heterocycles. The normalized spacial score (nSPS) is 13.8. The van der Waals surface area contributed by atoms with E-state index in [2.05, 4.69) is 76.2 Å². The van der Waals surface area contributed by atoms with E-state index in [-0.39, 0.29) is 0 Å². The van der Waals surface area contributed by atoms with Crippen molar-refractivity contribution < 1.29 is 4.70 Å². The summed E-state index contributed by atoms with van der Waals surface area (Å²) in [7, 11) is 0. The molecular weight excluding hydrogens is 436 g/mol. The average molecular weight is 485 g/mol. The van der Waals surface area contributed by atoms with Gasteiger partial charge >= 0.3 is 0 Å². The van der Waals surface area contributed by atoms with Crippen LogP contribution in [0.25, 0.3) is 16.9 Å². The molecule has 2 heteroatoms. The number of allylic oxidation sites excluding steroid dienone is 2. The van der Waals surface area contributed by atoms with Crippen LogP contribution in [0.5, 0.6) is 0 Å². The van der Waals surface area contributed by atoms with Crippen LogP contribution in [0.15, 0.2) is 59.7 Å². The second-order valence-electron chi connectivity index (χ2n) is 10.5. The van der Waals surface area contributed by atoms with Crippen molar-refractivity contribution in [1.82, 2.24) is 0 Å². The van der Waals surface area contributed by atoms with E-state index in [1.807, 2.05) is 0 Å². The molecule has 194 valence electrons. The molecule has 0 atom stereocenters. The van der Waals surface area contributed by atoms with E-state index in [0.717, 1.165) is 73.9 Å². The molecule has 0 spiro atoms. The van der Waals surface area contributed by atoms with Gasteiger partial charge in [0.25, 0.3) is 0 Å². The smallest absolute Gasteiger partial charge is 0.211 e. The van der Waals surface area contributed by atoms with Gasteiger partial charge in [-0.1, -0.05) is 90.5 Å². The monoisotopic (exact) mass is 484 g/mol. The predicted octanol–water partition coefficient (Wildman–Crippen LogP) is 10.7. The minimum Gasteiger partial charge on any atom is -0.493 e. The molecule has 0 fully saturated rings. The Morgan fingerprint density at radius 3 is 1.61 bits per heavy atom. The van der Waals surface area contributed by atoms with Crippen molar-refractivity contribution in [2.45, 2.75) is 118 Å². The van der Waals surface area contributed by atoms with Crippen LogP contribution < -0.4 is 0 Å². The van der Waals surface area contributed by atoms with Gasteiger partial charge in [-0.2, -0.15) is 0 Å². The van der Waals surface area contributed by atoms with Crippen molar-refractivity contribution in [1.29, 1.82) is 0 Å². The fourth-order valence-corrected chi connectivity index (χ4v) is 5.35. The third-order valence-electron chi connectivity index (χ3n) is 7.49. The molecule has 0 radical (unpaired) electrons. The summed E-state index contributed by atoms with van der Waals surface area (Å²) < 4.78 is 1.53. The zero-order valence-electron chi connectivity index (χ0n) is 23.4. The van der Waals surface area contributed by atoms with Gasteiger partial charge in [0.2, 0.25) is 11.4 Å². The van der Waals surface area contributed by atoms with Crippen LogP contribution in [-0.2, 0) is 12.8 Å². The number of nitrogens with zero attached hydrogens (tertiary/aromatic N) is 2. The molecule has 0 aliphatic carbocycles. The molecular formula is C34H48N2. The Labute approximate surface area is 221 Å². The standard InChI is InChI=1S/C34H48N2/c1-5-9-13-16-27-22-24-29(25-23-27)33-31(20-11-7-3)32(21-12-8-4)34(36(33)35)30-19-15-18-28(26-30)17-14-10-6-2/h15,18-19,22-26H,5-14,16-17,20-21H2,1-4H3. The Bertz CT molecular complexity index is 1040. The van der Waals surface area contributed by atoms with Gasteiger partial charge in [-0.05, 0) is 86.8 Å². The van der Waals surface area contributed by atoms with Crippen molar-refractivity contribution >= 4 is 11.4 Å². The molecule has 3 rings (SSSR count). The summed E-state index contributed by atoms with van der Waals surface area (Å²) in [6.45, 7) is 9.03. The first-order chi connectivity index (χ1) is 17.6. The maximum Gasteiger partial charge on any atom is 0.211 e. The fourth-order valence-electron chi connectivity index (χ4n) is 5.35. The second-order valence-corrected chi connectivity index (χ2v) is 10.5. The molecule has 1 aliphatic rings. The highest BCUT2D eigenvalue weighted by Crippen LogP contribution is 2.44. The summed E-state index contributed by atoms with van der Waals surface area (Å²) in [4.78, 5) is 0. The summed E-state index contributed by atoms with van der Waals surface area (Å²) in [5.41, 5.74) is 21.5. The largest absolute Gasteiger partial charge is 0.493 e. The third-order valence-corrected chi connectivity index (χ3v) is 7.49. The topological polar surface area (TPSA) is 25.3 Å². The molecule has 0 saturated carbocycles. The molecule has 2 aromatic carbocycles. The highest BCUT2D eigenvalue weighted by molar-refractivity contribution is 5.82. The predicted molar refractivity (Wildman–Crippen MR) is 156 cm³/mol. The Morgan fingerprint density at radius 1 is 0.528 bits per heavy atom. The van der Waals surface area contributed by atoms with Crippen LogP contribution in [0.4, 0.5) is 0 Å². The number of unbranched alkanes of at least 4 members (excludes halogenated alkanes) is 6. The molecule has 0 aromatic heterocycles. The van der Waals surface area contributed by atoms with Gasteiger partial charge in [0.1, 0.15) is 0 Å². The molecule has 1 aliphatic heterocycles. The first-order valence-corrected chi connectivity index (χ1v) is 14.8. The summed E-state index contributed by atoms with van der Waals surface area (Å²) in [5.74, 6) is 0. The van der Waals surface area contributed by atoms with Crippen LogP contribution in [0.3, 0.4) is 0 Å². The Balaban J connectivity index is 2.00. The molecule has 0 N–H and O–H groups in total. The van der Waals surface area contributed by atoms with E-state index < -0.39 is 0 Å². The number of hydrogen-bond donors (Lipinski definition) is 0. The van der Waals surface area contributed by atoms with Crippen LogP contribution in [0.1, 0.15) is 127 Å². The van der Waals surface area contributed by atoms with Crippen molar-refractivity contribution in [3.63, 3.8) is 0 Å². The van der Waals surface area contributed by atoms with Crippen LogP contribution >= 0.6 is 0 Å². The summed E-state index contributed by atoms with van der Waals surface area (Å²) in [6, 6.07) is 17.9. The van der Waals surface area contributed by atoms with Crippen molar-refractivity contribution in [3.05, 3.63) is 87.5 Å². The maximum atomic E-state index is 11.8. The zero-order valence-corrected chi connectivity index (χ0v) is 23.4. The highest BCUT2D eigenvalue weighted by atomic mass is 15.2. The van der Waals surface area contributed by atoms with Gasteiger partial charge in [-0.25, -0.2) is 4.70 Å². The van der Waals surface area contributed by atoms with Crippen molar-refractivity contribution in [3.8, 4) is 0 Å². The minimum absolute atomic E-state index is 1.00. The molecule has 2 aromatic rings. The average Bonchev–Trinajstić information content (AvgIpc) is 3.17. The first-order valence-electron chi connectivity index (χ1n) is 14.8. The molecule has 0 saturated heterocycles. The Kier molecular flexibility index (Phi) is 11.7. The molecule has 0 amide bonds. The quantitative estimate of drug-likeness (QED) is 0.167. The Morgan fingerprint density at radius 2 is 1.06 bits per heavy atom. The highest BCUT2D eigenvalue weighted by Gasteiger charge is 2.35. The van der Waals surface area contributed by atoms with E-state index in [4.69, 9.17) is 0 Å². The number of rotatable bonds is 16. The van der Waals surface area contributed by atoms with Gasteiger partial charge in [0, 0.05) is 22.3 Å². The second kappa shape index (κ2) is 14.9. The molecule has 0 bridgehead atoms. The lowest BCUT2D eigenvalue weighted by molar-refractivity contribution is -0.345. The van der Waals surface area contributed by atoms with Crippen molar-refractivity contribution in [2.24, 2.45) is 0 Å². The lowest BCUT2D eigenvalue weighted by atomic mass is 9.91. The summed E-state index contributed by atoms with van der Waals surface area (Å²) in [6.07, 6.45) is 16.4. The third kappa shape index (κ3) is 7.28. The zero-order chi connectivity index (χ0) is 25.8. The number of benzene rings is 2. The van der Waals surface area contributed by atoms with Gasteiger partial charge < -0.3 is 5.53 Å². The first kappa shape index (κ1) is 28.1. The van der Waals surface area contributed by atoms with E-state index in [1.165, 1.54) is 65.5 Å². The van der Waals surface area contributed by atoms with E-state index in [0.29, 0.717) is 0 Å². The van der Waals surface area contributed by atoms with Crippen LogP contribution in [0.2, 0.25) is 0 Å². The van der Waals surface area contributed by atoms with E-state index >= 15 is 0 Å². The maximum absolute atomic E-state index is 11.8. The van der Waals surface area contributed by atoms with E-state index in [9.17, 15) is 5.53 Å². The number of aryl methyl sites for hydroxylation is 2. The molecule has 2 nitrogen and oxygen atoms in total. The number of hydrogen-bond acceptors (Lipinski definition) is 0. The lowest BCUT2D eigenvalue weighted by Gasteiger charge is -2.11. The fraction of sp³-hybridized carbons (Fsp3) is 0.529. The van der Waals surface area contributed by atoms with Crippen LogP contribution in [-0.4, -0.2) is 4.70 Å². The van der Waals surface area contributed by atoms with Crippen molar-refractivity contribution in [2.75, 3.05) is 0 Å².